The summed E-state index contributed by atoms with van der Waals surface area (Å²) in [6, 6.07) is 2.02. The molecule has 52 valence electrons. The lowest BCUT2D eigenvalue weighted by Crippen LogP contribution is -2.34. The quantitative estimate of drug-likeness (QED) is 0.501. The predicted molar refractivity (Wildman–Crippen MR) is 37.2 cm³/mol. The summed E-state index contributed by atoms with van der Waals surface area (Å²) >= 11 is 0. The summed E-state index contributed by atoms with van der Waals surface area (Å²) < 4.78 is 0. The van der Waals surface area contributed by atoms with Crippen LogP contribution in [-0.4, -0.2) is 30.1 Å². The molecule has 0 spiro atoms. The van der Waals surface area contributed by atoms with Gasteiger partial charge >= 0.3 is 0 Å². The number of likely N-dealkylation sites (N-methyl/N-ethyl adjacent to an activating group) is 1. The van der Waals surface area contributed by atoms with Crippen molar-refractivity contribution in [2.24, 2.45) is 5.73 Å². The molecule has 2 saturated heterocycles. The zero-order valence-corrected chi connectivity index (χ0v) is 5.88. The molecule has 3 atom stereocenters. The highest BCUT2D eigenvalue weighted by Gasteiger charge is 2.41. The Balaban J connectivity index is 2.16. The fourth-order valence-corrected chi connectivity index (χ4v) is 2.31. The molecule has 2 nitrogen and oxygen atoms in total. The number of rotatable bonds is 0. The van der Waals surface area contributed by atoms with E-state index in [4.69, 9.17) is 5.73 Å². The Morgan fingerprint density at radius 2 is 2.22 bits per heavy atom. The van der Waals surface area contributed by atoms with E-state index in [0.717, 1.165) is 12.1 Å². The maximum atomic E-state index is 5.87. The van der Waals surface area contributed by atoms with Gasteiger partial charge in [-0.1, -0.05) is 0 Å². The average molecular weight is 126 g/mol. The molecule has 2 fully saturated rings. The smallest absolute Gasteiger partial charge is 0.0248 e. The van der Waals surface area contributed by atoms with Crippen molar-refractivity contribution in [2.45, 2.75) is 37.4 Å². The lowest BCUT2D eigenvalue weighted by atomic mass is 9.97. The molecule has 9 heavy (non-hydrogen) atoms. The fourth-order valence-electron chi connectivity index (χ4n) is 2.31. The molecule has 2 heterocycles. The third-order valence-electron chi connectivity index (χ3n) is 2.93. The van der Waals surface area contributed by atoms with Crippen LogP contribution in [0.15, 0.2) is 0 Å². The lowest BCUT2D eigenvalue weighted by Gasteiger charge is -2.16. The Morgan fingerprint density at radius 1 is 1.44 bits per heavy atom. The first-order valence-corrected chi connectivity index (χ1v) is 3.76. The molecule has 0 unspecified atom stereocenters. The SMILES string of the molecule is CN1[C@H]2CC[C@@H]1[C@H](N)C2. The first-order chi connectivity index (χ1) is 4.29. The van der Waals surface area contributed by atoms with Crippen LogP contribution in [0, 0.1) is 0 Å². The minimum atomic E-state index is 0.480. The van der Waals surface area contributed by atoms with Crippen molar-refractivity contribution in [3.8, 4) is 0 Å². The first-order valence-electron chi connectivity index (χ1n) is 3.76. The molecule has 2 rings (SSSR count). The summed E-state index contributed by atoms with van der Waals surface area (Å²) in [6.45, 7) is 0. The van der Waals surface area contributed by atoms with Gasteiger partial charge < -0.3 is 5.73 Å². The highest BCUT2D eigenvalue weighted by Crippen LogP contribution is 2.34. The lowest BCUT2D eigenvalue weighted by molar-refractivity contribution is 0.307. The molecular weight excluding hydrogens is 112 g/mol. The van der Waals surface area contributed by atoms with Gasteiger partial charge in [0.1, 0.15) is 0 Å². The van der Waals surface area contributed by atoms with Gasteiger partial charge in [0.15, 0.2) is 0 Å². The summed E-state index contributed by atoms with van der Waals surface area (Å²) in [5.41, 5.74) is 5.87. The Bertz CT molecular complexity index is 124. The van der Waals surface area contributed by atoms with Crippen molar-refractivity contribution in [3.63, 3.8) is 0 Å². The molecule has 2 aliphatic heterocycles. The number of hydrogen-bond donors (Lipinski definition) is 1. The van der Waals surface area contributed by atoms with E-state index < -0.39 is 0 Å². The van der Waals surface area contributed by atoms with E-state index in [-0.39, 0.29) is 0 Å². The van der Waals surface area contributed by atoms with Gasteiger partial charge in [-0.2, -0.15) is 0 Å². The van der Waals surface area contributed by atoms with Gasteiger partial charge in [0.25, 0.3) is 0 Å². The Labute approximate surface area is 56.0 Å². The van der Waals surface area contributed by atoms with Crippen molar-refractivity contribution < 1.29 is 0 Å². The summed E-state index contributed by atoms with van der Waals surface area (Å²) in [5.74, 6) is 0. The summed E-state index contributed by atoms with van der Waals surface area (Å²) in [4.78, 5) is 2.45. The van der Waals surface area contributed by atoms with Crippen molar-refractivity contribution >= 4 is 0 Å². The molecule has 0 aromatic carbocycles. The van der Waals surface area contributed by atoms with Crippen molar-refractivity contribution in [1.82, 2.24) is 4.90 Å². The number of fused-ring (bicyclic) bond motifs is 2. The van der Waals surface area contributed by atoms with Gasteiger partial charge in [-0.05, 0) is 26.3 Å². The third-order valence-corrected chi connectivity index (χ3v) is 2.93. The van der Waals surface area contributed by atoms with E-state index in [2.05, 4.69) is 11.9 Å². The third kappa shape index (κ3) is 0.634. The second kappa shape index (κ2) is 1.70. The highest BCUT2D eigenvalue weighted by molar-refractivity contribution is 5.00. The van der Waals surface area contributed by atoms with Gasteiger partial charge in [0, 0.05) is 18.1 Å². The van der Waals surface area contributed by atoms with Crippen LogP contribution in [0.5, 0.6) is 0 Å². The maximum absolute atomic E-state index is 5.87. The largest absolute Gasteiger partial charge is 0.326 e. The van der Waals surface area contributed by atoms with Crippen LogP contribution in [-0.2, 0) is 0 Å². The monoisotopic (exact) mass is 126 g/mol. The fraction of sp³-hybridized carbons (Fsp3) is 1.00. The molecule has 0 radical (unpaired) electrons. The van der Waals surface area contributed by atoms with Gasteiger partial charge in [-0.25, -0.2) is 0 Å². The molecule has 2 aliphatic rings. The van der Waals surface area contributed by atoms with Gasteiger partial charge in [-0.3, -0.25) is 4.90 Å². The molecule has 0 aromatic heterocycles. The first kappa shape index (κ1) is 5.69. The van der Waals surface area contributed by atoms with Crippen LogP contribution in [0.4, 0.5) is 0 Å². The van der Waals surface area contributed by atoms with E-state index >= 15 is 0 Å². The van der Waals surface area contributed by atoms with E-state index in [1.807, 2.05) is 0 Å². The van der Waals surface area contributed by atoms with E-state index in [9.17, 15) is 0 Å². The van der Waals surface area contributed by atoms with Crippen LogP contribution in [0.25, 0.3) is 0 Å². The number of nitrogens with zero attached hydrogens (tertiary/aromatic N) is 1. The van der Waals surface area contributed by atoms with Crippen molar-refractivity contribution in [3.05, 3.63) is 0 Å². The molecule has 0 aromatic rings. The average Bonchev–Trinajstić information content (AvgIpc) is 2.25. The normalized spacial score (nSPS) is 50.7. The molecule has 2 heteroatoms. The molecule has 2 bridgehead atoms. The Kier molecular flexibility index (Phi) is 1.08. The summed E-state index contributed by atoms with van der Waals surface area (Å²) in [5, 5.41) is 0. The van der Waals surface area contributed by atoms with Gasteiger partial charge in [0.2, 0.25) is 0 Å². The van der Waals surface area contributed by atoms with Crippen LogP contribution >= 0.6 is 0 Å². The topological polar surface area (TPSA) is 29.3 Å². The molecular formula is C7H14N2. The molecule has 0 saturated carbocycles. The van der Waals surface area contributed by atoms with Crippen molar-refractivity contribution in [2.75, 3.05) is 7.05 Å². The molecule has 2 N–H and O–H groups in total. The van der Waals surface area contributed by atoms with E-state index in [1.165, 1.54) is 19.3 Å². The second-order valence-corrected chi connectivity index (χ2v) is 3.36. The zero-order chi connectivity index (χ0) is 6.43. The molecule has 0 amide bonds. The maximum Gasteiger partial charge on any atom is 0.0248 e. The van der Waals surface area contributed by atoms with Gasteiger partial charge in [0.05, 0.1) is 0 Å². The molecule has 0 aliphatic carbocycles. The van der Waals surface area contributed by atoms with Crippen molar-refractivity contribution in [1.29, 1.82) is 0 Å². The van der Waals surface area contributed by atoms with Gasteiger partial charge in [-0.15, -0.1) is 0 Å². The minimum absolute atomic E-state index is 0.480. The zero-order valence-electron chi connectivity index (χ0n) is 5.88. The summed E-state index contributed by atoms with van der Waals surface area (Å²) in [6.07, 6.45) is 3.96. The van der Waals surface area contributed by atoms with E-state index in [1.54, 1.807) is 0 Å². The van der Waals surface area contributed by atoms with Crippen LogP contribution < -0.4 is 5.73 Å². The van der Waals surface area contributed by atoms with Crippen LogP contribution in [0.2, 0.25) is 0 Å². The second-order valence-electron chi connectivity index (χ2n) is 3.36. The van der Waals surface area contributed by atoms with E-state index in [0.29, 0.717) is 6.04 Å². The predicted octanol–water partition coefficient (Wildman–Crippen LogP) is 0.180. The number of nitrogens with two attached hydrogens (primary N) is 1. The van der Waals surface area contributed by atoms with Crippen LogP contribution in [0.3, 0.4) is 0 Å². The Hall–Kier alpha value is -0.0800. The number of hydrogen-bond acceptors (Lipinski definition) is 2. The Morgan fingerprint density at radius 3 is 2.44 bits per heavy atom. The highest BCUT2D eigenvalue weighted by atomic mass is 15.2. The minimum Gasteiger partial charge on any atom is -0.326 e. The standard InChI is InChI=1S/C7H14N2/c1-9-5-2-3-7(9)6(8)4-5/h5-7H,2-4,8H2,1H3/t5-,6+,7+/m0/s1. The van der Waals surface area contributed by atoms with Crippen LogP contribution in [0.1, 0.15) is 19.3 Å². The summed E-state index contributed by atoms with van der Waals surface area (Å²) in [7, 11) is 2.20.